The van der Waals surface area contributed by atoms with Crippen molar-refractivity contribution in [1.29, 1.82) is 0 Å². The molecule has 4 nitrogen and oxygen atoms in total. The van der Waals surface area contributed by atoms with Crippen LogP contribution >= 0.6 is 0 Å². The Morgan fingerprint density at radius 3 is 2.53 bits per heavy atom. The zero-order chi connectivity index (χ0) is 13.2. The summed E-state index contributed by atoms with van der Waals surface area (Å²) in [6.07, 6.45) is 4.61. The molecule has 0 radical (unpaired) electrons. The Bertz CT molecular complexity index is 473. The number of piperazine rings is 1. The van der Waals surface area contributed by atoms with Gasteiger partial charge in [0.25, 0.3) is 0 Å². The van der Waals surface area contributed by atoms with E-state index in [2.05, 4.69) is 28.4 Å². The lowest BCUT2D eigenvalue weighted by Crippen LogP contribution is -2.51. The van der Waals surface area contributed by atoms with Gasteiger partial charge in [-0.1, -0.05) is 18.2 Å². The van der Waals surface area contributed by atoms with Crippen molar-refractivity contribution < 1.29 is 9.47 Å². The van der Waals surface area contributed by atoms with E-state index in [0.717, 1.165) is 31.1 Å². The number of nitrogens with zero attached hydrogens (tertiary/aromatic N) is 1. The fraction of sp³-hybridized carbons (Fsp3) is 0.467. The third kappa shape index (κ3) is 2.33. The summed E-state index contributed by atoms with van der Waals surface area (Å²) >= 11 is 0. The molecule has 0 amide bonds. The molecule has 0 saturated carbocycles. The van der Waals surface area contributed by atoms with Gasteiger partial charge >= 0.3 is 0 Å². The molecule has 1 N–H and O–H groups in total. The van der Waals surface area contributed by atoms with Gasteiger partial charge in [-0.3, -0.25) is 4.90 Å². The first-order valence-electron chi connectivity index (χ1n) is 6.67. The standard InChI is InChI=1S/C15H20N2O2/c1-18-14-6-3-11(15(7-14)19-2)10-17-12-4-5-13(17)9-16-8-12/h3-7,12-13,16H,8-10H2,1-2H3. The molecular weight excluding hydrogens is 240 g/mol. The highest BCUT2D eigenvalue weighted by Crippen LogP contribution is 2.29. The second kappa shape index (κ2) is 5.23. The Hall–Kier alpha value is -1.52. The predicted molar refractivity (Wildman–Crippen MR) is 74.7 cm³/mol. The molecule has 1 aromatic rings. The van der Waals surface area contributed by atoms with Crippen LogP contribution in [0.25, 0.3) is 0 Å². The van der Waals surface area contributed by atoms with E-state index in [1.165, 1.54) is 5.56 Å². The lowest BCUT2D eigenvalue weighted by molar-refractivity contribution is 0.159. The second-order valence-corrected chi connectivity index (χ2v) is 5.03. The van der Waals surface area contributed by atoms with Crippen LogP contribution in [0.2, 0.25) is 0 Å². The van der Waals surface area contributed by atoms with Crippen molar-refractivity contribution in [3.63, 3.8) is 0 Å². The summed E-state index contributed by atoms with van der Waals surface area (Å²) in [5.41, 5.74) is 1.21. The largest absolute Gasteiger partial charge is 0.497 e. The third-order valence-electron chi connectivity index (χ3n) is 3.96. The Morgan fingerprint density at radius 2 is 1.89 bits per heavy atom. The van der Waals surface area contributed by atoms with E-state index in [1.807, 2.05) is 12.1 Å². The summed E-state index contributed by atoms with van der Waals surface area (Å²) < 4.78 is 10.7. The van der Waals surface area contributed by atoms with Gasteiger partial charge in [0.1, 0.15) is 11.5 Å². The molecule has 2 aliphatic heterocycles. The first-order valence-corrected chi connectivity index (χ1v) is 6.67. The van der Waals surface area contributed by atoms with E-state index in [0.29, 0.717) is 12.1 Å². The van der Waals surface area contributed by atoms with Crippen molar-refractivity contribution >= 4 is 0 Å². The van der Waals surface area contributed by atoms with Crippen LogP contribution in [0.4, 0.5) is 0 Å². The number of methoxy groups -OCH3 is 2. The highest BCUT2D eigenvalue weighted by Gasteiger charge is 2.32. The number of fused-ring (bicyclic) bond motifs is 2. The maximum atomic E-state index is 5.48. The Morgan fingerprint density at radius 1 is 1.16 bits per heavy atom. The minimum atomic E-state index is 0.505. The lowest BCUT2D eigenvalue weighted by Gasteiger charge is -2.35. The highest BCUT2D eigenvalue weighted by molar-refractivity contribution is 5.41. The number of rotatable bonds is 4. The van der Waals surface area contributed by atoms with Gasteiger partial charge in [-0.2, -0.15) is 0 Å². The van der Waals surface area contributed by atoms with Crippen LogP contribution in [-0.4, -0.2) is 44.3 Å². The van der Waals surface area contributed by atoms with Crippen LogP contribution in [-0.2, 0) is 6.54 Å². The highest BCUT2D eigenvalue weighted by atomic mass is 16.5. The molecule has 2 aliphatic rings. The van der Waals surface area contributed by atoms with Crippen LogP contribution in [0.3, 0.4) is 0 Å². The fourth-order valence-electron chi connectivity index (χ4n) is 2.89. The number of nitrogens with one attached hydrogen (secondary N) is 1. The summed E-state index contributed by atoms with van der Waals surface area (Å²) in [6.45, 7) is 2.98. The summed E-state index contributed by atoms with van der Waals surface area (Å²) in [5.74, 6) is 1.74. The SMILES string of the molecule is COc1ccc(CN2C3C=CC2CNC3)c(OC)c1. The molecule has 0 aromatic heterocycles. The van der Waals surface area contributed by atoms with Crippen molar-refractivity contribution in [2.45, 2.75) is 18.6 Å². The molecule has 1 fully saturated rings. The molecule has 1 aromatic carbocycles. The van der Waals surface area contributed by atoms with Gasteiger partial charge in [-0.15, -0.1) is 0 Å². The molecule has 19 heavy (non-hydrogen) atoms. The Labute approximate surface area is 114 Å². The van der Waals surface area contributed by atoms with Crippen molar-refractivity contribution in [2.75, 3.05) is 27.3 Å². The van der Waals surface area contributed by atoms with Gasteiger partial charge in [0.15, 0.2) is 0 Å². The van der Waals surface area contributed by atoms with Crippen LogP contribution < -0.4 is 14.8 Å². The van der Waals surface area contributed by atoms with Gasteiger partial charge < -0.3 is 14.8 Å². The topological polar surface area (TPSA) is 33.7 Å². The smallest absolute Gasteiger partial charge is 0.127 e. The zero-order valence-electron chi connectivity index (χ0n) is 11.4. The number of hydrogen-bond donors (Lipinski definition) is 1. The molecule has 2 atom stereocenters. The molecule has 2 bridgehead atoms. The lowest BCUT2D eigenvalue weighted by atomic mass is 10.1. The molecule has 0 spiro atoms. The monoisotopic (exact) mass is 260 g/mol. The average Bonchev–Trinajstić information content (AvgIpc) is 2.68. The van der Waals surface area contributed by atoms with Gasteiger partial charge in [-0.25, -0.2) is 0 Å². The van der Waals surface area contributed by atoms with Gasteiger partial charge in [-0.05, 0) is 6.07 Å². The van der Waals surface area contributed by atoms with Crippen LogP contribution in [0.1, 0.15) is 5.56 Å². The quantitative estimate of drug-likeness (QED) is 0.830. The van der Waals surface area contributed by atoms with Crippen molar-refractivity contribution in [1.82, 2.24) is 10.2 Å². The van der Waals surface area contributed by atoms with Gasteiger partial charge in [0.05, 0.1) is 14.2 Å². The maximum Gasteiger partial charge on any atom is 0.127 e. The number of benzene rings is 1. The average molecular weight is 260 g/mol. The molecule has 4 heteroatoms. The van der Waals surface area contributed by atoms with Gasteiger partial charge in [0, 0.05) is 43.3 Å². The molecular formula is C15H20N2O2. The molecule has 2 heterocycles. The summed E-state index contributed by atoms with van der Waals surface area (Å²) in [7, 11) is 3.39. The van der Waals surface area contributed by atoms with Crippen LogP contribution in [0.15, 0.2) is 30.4 Å². The second-order valence-electron chi connectivity index (χ2n) is 5.03. The van der Waals surface area contributed by atoms with Gasteiger partial charge in [0.2, 0.25) is 0 Å². The summed E-state index contributed by atoms with van der Waals surface area (Å²) in [4.78, 5) is 2.51. The number of ether oxygens (including phenoxy) is 2. The minimum Gasteiger partial charge on any atom is -0.497 e. The van der Waals surface area contributed by atoms with E-state index >= 15 is 0 Å². The molecule has 2 unspecified atom stereocenters. The van der Waals surface area contributed by atoms with Crippen molar-refractivity contribution in [3.8, 4) is 11.5 Å². The normalized spacial score (nSPS) is 25.6. The molecule has 1 saturated heterocycles. The van der Waals surface area contributed by atoms with Crippen LogP contribution in [0, 0.1) is 0 Å². The van der Waals surface area contributed by atoms with E-state index in [4.69, 9.17) is 9.47 Å². The van der Waals surface area contributed by atoms with E-state index in [9.17, 15) is 0 Å². The maximum absolute atomic E-state index is 5.48. The van der Waals surface area contributed by atoms with Crippen molar-refractivity contribution in [3.05, 3.63) is 35.9 Å². The fourth-order valence-corrected chi connectivity index (χ4v) is 2.89. The Balaban J connectivity index is 1.80. The van der Waals surface area contributed by atoms with E-state index in [-0.39, 0.29) is 0 Å². The third-order valence-corrected chi connectivity index (χ3v) is 3.96. The zero-order valence-corrected chi connectivity index (χ0v) is 11.4. The molecule has 102 valence electrons. The molecule has 0 aliphatic carbocycles. The predicted octanol–water partition coefficient (Wildman–Crippen LogP) is 1.42. The first-order chi connectivity index (χ1) is 9.31. The minimum absolute atomic E-state index is 0.505. The van der Waals surface area contributed by atoms with E-state index in [1.54, 1.807) is 14.2 Å². The van der Waals surface area contributed by atoms with Crippen LogP contribution in [0.5, 0.6) is 11.5 Å². The first kappa shape index (κ1) is 12.5. The number of hydrogen-bond acceptors (Lipinski definition) is 4. The summed E-state index contributed by atoms with van der Waals surface area (Å²) in [6, 6.07) is 7.05. The Kier molecular flexibility index (Phi) is 3.44. The van der Waals surface area contributed by atoms with E-state index < -0.39 is 0 Å². The summed E-state index contributed by atoms with van der Waals surface area (Å²) in [5, 5.41) is 3.45. The van der Waals surface area contributed by atoms with Crippen molar-refractivity contribution in [2.24, 2.45) is 0 Å². The molecule has 3 rings (SSSR count).